The summed E-state index contributed by atoms with van der Waals surface area (Å²) in [6.45, 7) is 0.430. The van der Waals surface area contributed by atoms with Crippen molar-refractivity contribution in [2.45, 2.75) is 25.4 Å². The molecule has 1 aliphatic carbocycles. The van der Waals surface area contributed by atoms with Gasteiger partial charge in [-0.05, 0) is 29.9 Å². The van der Waals surface area contributed by atoms with Crippen LogP contribution in [0.1, 0.15) is 29.9 Å². The number of nitrogens with zero attached hydrogens (tertiary/aromatic N) is 1. The fraction of sp³-hybridized carbons (Fsp3) is 0.312. The van der Waals surface area contributed by atoms with Gasteiger partial charge in [-0.25, -0.2) is 4.98 Å². The van der Waals surface area contributed by atoms with Gasteiger partial charge in [0, 0.05) is 6.07 Å². The number of aromatic nitrogens is 1. The van der Waals surface area contributed by atoms with Crippen molar-refractivity contribution < 1.29 is 14.6 Å². The minimum atomic E-state index is 0.0583. The molecule has 0 unspecified atom stereocenters. The molecule has 0 atom stereocenters. The Balaban J connectivity index is 1.66. The molecule has 0 aliphatic heterocycles. The summed E-state index contributed by atoms with van der Waals surface area (Å²) in [5, 5.41) is 9.34. The summed E-state index contributed by atoms with van der Waals surface area (Å²) in [6.07, 6.45) is 3.96. The average molecular weight is 271 g/mol. The lowest BCUT2D eigenvalue weighted by atomic mass is 10.1. The van der Waals surface area contributed by atoms with Crippen LogP contribution in [0.25, 0.3) is 0 Å². The Bertz CT molecular complexity index is 591. The summed E-state index contributed by atoms with van der Waals surface area (Å²) in [4.78, 5) is 4.02. The Labute approximate surface area is 118 Å². The second kappa shape index (κ2) is 5.41. The average Bonchev–Trinajstić information content (AvgIpc) is 3.31. The number of aromatic hydroxyl groups is 1. The molecule has 104 valence electrons. The highest BCUT2D eigenvalue weighted by molar-refractivity contribution is 5.38. The predicted molar refractivity (Wildman–Crippen MR) is 75.2 cm³/mol. The molecule has 3 rings (SSSR count). The molecule has 4 heteroatoms. The molecule has 1 aromatic heterocycles. The molecule has 0 spiro atoms. The summed E-state index contributed by atoms with van der Waals surface area (Å²) in [7, 11) is 1.52. The lowest BCUT2D eigenvalue weighted by Crippen LogP contribution is -1.99. The van der Waals surface area contributed by atoms with Gasteiger partial charge in [-0.15, -0.1) is 0 Å². The zero-order valence-corrected chi connectivity index (χ0v) is 11.4. The van der Waals surface area contributed by atoms with E-state index in [9.17, 15) is 5.11 Å². The second-order valence-corrected chi connectivity index (χ2v) is 5.01. The van der Waals surface area contributed by atoms with Gasteiger partial charge in [0.15, 0.2) is 5.75 Å². The molecule has 1 saturated carbocycles. The lowest BCUT2D eigenvalue weighted by molar-refractivity contribution is 0.271. The van der Waals surface area contributed by atoms with Gasteiger partial charge in [0.1, 0.15) is 12.4 Å². The van der Waals surface area contributed by atoms with Gasteiger partial charge in [-0.2, -0.15) is 0 Å². The standard InChI is InChI=1S/C16H17NO3/c1-19-15-8-14(18)9-17-16(15)20-10-11-2-4-12(5-3-11)13-6-7-13/h2-5,8-9,13,18H,6-7,10H2,1H3. The Morgan fingerprint density at radius 1 is 1.25 bits per heavy atom. The number of hydrogen-bond acceptors (Lipinski definition) is 4. The van der Waals surface area contributed by atoms with Crippen LogP contribution in [0.4, 0.5) is 0 Å². The maximum Gasteiger partial charge on any atom is 0.257 e. The molecule has 1 heterocycles. The van der Waals surface area contributed by atoms with Gasteiger partial charge in [0.25, 0.3) is 5.88 Å². The monoisotopic (exact) mass is 271 g/mol. The molecular formula is C16H17NO3. The first kappa shape index (κ1) is 12.8. The summed E-state index contributed by atoms with van der Waals surface area (Å²) in [6, 6.07) is 9.98. The molecule has 4 nitrogen and oxygen atoms in total. The first-order valence-electron chi connectivity index (χ1n) is 6.71. The zero-order valence-electron chi connectivity index (χ0n) is 11.4. The van der Waals surface area contributed by atoms with Gasteiger partial charge >= 0.3 is 0 Å². The number of rotatable bonds is 5. The van der Waals surface area contributed by atoms with Crippen LogP contribution in [0, 0.1) is 0 Å². The summed E-state index contributed by atoms with van der Waals surface area (Å²) in [5.74, 6) is 1.64. The van der Waals surface area contributed by atoms with Gasteiger partial charge in [-0.1, -0.05) is 24.3 Å². The van der Waals surface area contributed by atoms with E-state index in [1.54, 1.807) is 0 Å². The van der Waals surface area contributed by atoms with E-state index in [1.807, 2.05) is 0 Å². The van der Waals surface area contributed by atoms with Crippen molar-refractivity contribution in [3.63, 3.8) is 0 Å². The molecule has 0 radical (unpaired) electrons. The zero-order chi connectivity index (χ0) is 13.9. The van der Waals surface area contributed by atoms with Crippen LogP contribution < -0.4 is 9.47 Å². The highest BCUT2D eigenvalue weighted by atomic mass is 16.5. The number of pyridine rings is 1. The minimum Gasteiger partial charge on any atom is -0.506 e. The molecule has 20 heavy (non-hydrogen) atoms. The van der Waals surface area contributed by atoms with Gasteiger partial charge in [0.2, 0.25) is 0 Å². The van der Waals surface area contributed by atoms with Crippen molar-refractivity contribution in [1.29, 1.82) is 0 Å². The Morgan fingerprint density at radius 3 is 2.65 bits per heavy atom. The van der Waals surface area contributed by atoms with E-state index in [2.05, 4.69) is 29.2 Å². The molecule has 1 aromatic carbocycles. The van der Waals surface area contributed by atoms with Crippen LogP contribution in [-0.4, -0.2) is 17.2 Å². The van der Waals surface area contributed by atoms with Crippen LogP contribution in [0.2, 0.25) is 0 Å². The van der Waals surface area contributed by atoms with Gasteiger partial charge < -0.3 is 14.6 Å². The van der Waals surface area contributed by atoms with Crippen molar-refractivity contribution in [2.75, 3.05) is 7.11 Å². The van der Waals surface area contributed by atoms with E-state index in [1.165, 1.54) is 37.8 Å². The van der Waals surface area contributed by atoms with Crippen LogP contribution in [0.3, 0.4) is 0 Å². The van der Waals surface area contributed by atoms with E-state index in [0.717, 1.165) is 11.5 Å². The molecule has 0 bridgehead atoms. The largest absolute Gasteiger partial charge is 0.506 e. The van der Waals surface area contributed by atoms with E-state index < -0.39 is 0 Å². The Morgan fingerprint density at radius 2 is 2.00 bits per heavy atom. The number of methoxy groups -OCH3 is 1. The first-order chi connectivity index (χ1) is 9.76. The van der Waals surface area contributed by atoms with E-state index in [-0.39, 0.29) is 5.75 Å². The quantitative estimate of drug-likeness (QED) is 0.907. The molecular weight excluding hydrogens is 254 g/mol. The van der Waals surface area contributed by atoms with E-state index in [0.29, 0.717) is 18.2 Å². The minimum absolute atomic E-state index is 0.0583. The third-order valence-electron chi connectivity index (χ3n) is 3.43. The Hall–Kier alpha value is -2.23. The molecule has 0 amide bonds. The van der Waals surface area contributed by atoms with E-state index in [4.69, 9.17) is 9.47 Å². The van der Waals surface area contributed by atoms with E-state index >= 15 is 0 Å². The third kappa shape index (κ3) is 2.85. The SMILES string of the molecule is COc1cc(O)cnc1OCc1ccc(C2CC2)cc1. The third-order valence-corrected chi connectivity index (χ3v) is 3.43. The topological polar surface area (TPSA) is 51.6 Å². The smallest absolute Gasteiger partial charge is 0.257 e. The molecule has 1 N–H and O–H groups in total. The van der Waals surface area contributed by atoms with Crippen LogP contribution in [-0.2, 0) is 6.61 Å². The molecule has 0 saturated heterocycles. The normalized spacial score (nSPS) is 14.1. The fourth-order valence-corrected chi connectivity index (χ4v) is 2.13. The maximum absolute atomic E-state index is 9.34. The Kier molecular flexibility index (Phi) is 3.46. The van der Waals surface area contributed by atoms with Crippen LogP contribution in [0.15, 0.2) is 36.5 Å². The highest BCUT2D eigenvalue weighted by Gasteiger charge is 2.22. The molecule has 1 aliphatic rings. The lowest BCUT2D eigenvalue weighted by Gasteiger charge is -2.10. The van der Waals surface area contributed by atoms with Crippen LogP contribution in [0.5, 0.6) is 17.4 Å². The predicted octanol–water partition coefficient (Wildman–Crippen LogP) is 3.25. The van der Waals surface area contributed by atoms with Gasteiger partial charge in [0.05, 0.1) is 13.3 Å². The van der Waals surface area contributed by atoms with Crippen LogP contribution >= 0.6 is 0 Å². The van der Waals surface area contributed by atoms with Crippen molar-refractivity contribution in [1.82, 2.24) is 4.98 Å². The number of hydrogen-bond donors (Lipinski definition) is 1. The second-order valence-electron chi connectivity index (χ2n) is 5.01. The van der Waals surface area contributed by atoms with Gasteiger partial charge in [-0.3, -0.25) is 0 Å². The number of benzene rings is 1. The first-order valence-corrected chi connectivity index (χ1v) is 6.71. The number of ether oxygens (including phenoxy) is 2. The summed E-state index contributed by atoms with van der Waals surface area (Å²) in [5.41, 5.74) is 2.50. The summed E-state index contributed by atoms with van der Waals surface area (Å²) >= 11 is 0. The van der Waals surface area contributed by atoms with Crippen molar-refractivity contribution in [3.8, 4) is 17.4 Å². The molecule has 2 aromatic rings. The van der Waals surface area contributed by atoms with Crippen molar-refractivity contribution >= 4 is 0 Å². The highest BCUT2D eigenvalue weighted by Crippen LogP contribution is 2.40. The van der Waals surface area contributed by atoms with Crippen molar-refractivity contribution in [3.05, 3.63) is 47.7 Å². The van der Waals surface area contributed by atoms with Crippen molar-refractivity contribution in [2.24, 2.45) is 0 Å². The summed E-state index contributed by atoms with van der Waals surface area (Å²) < 4.78 is 10.8. The maximum atomic E-state index is 9.34. The fourth-order valence-electron chi connectivity index (χ4n) is 2.13. The molecule has 1 fully saturated rings.